The van der Waals surface area contributed by atoms with Gasteiger partial charge in [0.05, 0.1) is 3.79 Å². The molecule has 0 aliphatic heterocycles. The molecule has 16 heavy (non-hydrogen) atoms. The Balaban J connectivity index is 2.56. The van der Waals surface area contributed by atoms with Crippen molar-refractivity contribution in [2.45, 2.75) is 13.3 Å². The van der Waals surface area contributed by atoms with E-state index in [1.807, 2.05) is 24.3 Å². The minimum Gasteiger partial charge on any atom is -0.298 e. The number of thiophene rings is 1. The maximum absolute atomic E-state index is 11.0. The van der Waals surface area contributed by atoms with Crippen LogP contribution in [-0.4, -0.2) is 6.29 Å². The van der Waals surface area contributed by atoms with E-state index in [1.54, 1.807) is 11.3 Å². The minimum atomic E-state index is 0.756. The molecule has 0 fully saturated rings. The van der Waals surface area contributed by atoms with Crippen molar-refractivity contribution in [1.29, 1.82) is 0 Å². The fourth-order valence-electron chi connectivity index (χ4n) is 1.60. The molecule has 2 aromatic rings. The van der Waals surface area contributed by atoms with Crippen LogP contribution < -0.4 is 0 Å². The number of aryl methyl sites for hydroxylation is 1. The molecule has 0 bridgehead atoms. The van der Waals surface area contributed by atoms with Crippen LogP contribution in [0.3, 0.4) is 0 Å². The molecule has 1 aromatic heterocycles. The zero-order valence-corrected chi connectivity index (χ0v) is 11.3. The third-order valence-corrected chi connectivity index (χ3v) is 4.15. The van der Waals surface area contributed by atoms with Gasteiger partial charge in [-0.15, -0.1) is 11.3 Å². The van der Waals surface area contributed by atoms with Gasteiger partial charge in [0.15, 0.2) is 6.29 Å². The van der Waals surface area contributed by atoms with Crippen LogP contribution in [0.4, 0.5) is 0 Å². The van der Waals surface area contributed by atoms with E-state index in [9.17, 15) is 4.79 Å². The zero-order chi connectivity index (χ0) is 11.5. The second kappa shape index (κ2) is 4.93. The molecule has 0 spiro atoms. The van der Waals surface area contributed by atoms with E-state index in [0.717, 1.165) is 32.5 Å². The lowest BCUT2D eigenvalue weighted by molar-refractivity contribution is 0.112. The van der Waals surface area contributed by atoms with Gasteiger partial charge in [-0.25, -0.2) is 0 Å². The Labute approximate surface area is 107 Å². The highest BCUT2D eigenvalue weighted by Crippen LogP contribution is 2.33. The summed E-state index contributed by atoms with van der Waals surface area (Å²) in [4.78, 5) is 12.1. The van der Waals surface area contributed by atoms with Gasteiger partial charge in [0, 0.05) is 16.0 Å². The molecule has 0 saturated carbocycles. The fourth-order valence-corrected chi connectivity index (χ4v) is 3.02. The van der Waals surface area contributed by atoms with Crippen LogP contribution in [0.15, 0.2) is 34.1 Å². The van der Waals surface area contributed by atoms with E-state index >= 15 is 0 Å². The van der Waals surface area contributed by atoms with E-state index < -0.39 is 0 Å². The molecule has 0 amide bonds. The van der Waals surface area contributed by atoms with Gasteiger partial charge in [0.2, 0.25) is 0 Å². The number of carbonyl (C=O) groups is 1. The van der Waals surface area contributed by atoms with Crippen molar-refractivity contribution in [1.82, 2.24) is 0 Å². The molecule has 3 heteroatoms. The summed E-state index contributed by atoms with van der Waals surface area (Å²) in [6, 6.07) is 10.1. The molecule has 0 saturated heterocycles. The van der Waals surface area contributed by atoms with Crippen LogP contribution in [-0.2, 0) is 6.42 Å². The van der Waals surface area contributed by atoms with Crippen molar-refractivity contribution in [2.75, 3.05) is 0 Å². The Bertz CT molecular complexity index is 516. The lowest BCUT2D eigenvalue weighted by Crippen LogP contribution is -1.88. The first-order valence-electron chi connectivity index (χ1n) is 5.08. The normalized spacial score (nSPS) is 10.4. The molecular weight excluding hydrogens is 284 g/mol. The second-order valence-corrected chi connectivity index (χ2v) is 5.96. The molecule has 0 aliphatic carbocycles. The van der Waals surface area contributed by atoms with Crippen molar-refractivity contribution >= 4 is 33.6 Å². The molecular formula is C13H11BrOS. The van der Waals surface area contributed by atoms with Gasteiger partial charge >= 0.3 is 0 Å². The molecule has 1 nitrogen and oxygen atoms in total. The second-order valence-electron chi connectivity index (χ2n) is 3.50. The standard InChI is InChI=1S/C13H11BrOS/c1-2-9-3-4-10(8-15)11(7-9)12-5-6-13(14)16-12/h3-8H,2H2,1H3. The minimum absolute atomic E-state index is 0.756. The quantitative estimate of drug-likeness (QED) is 0.759. The SMILES string of the molecule is CCc1ccc(C=O)c(-c2ccc(Br)s2)c1. The van der Waals surface area contributed by atoms with Gasteiger partial charge in [-0.05, 0) is 46.1 Å². The molecule has 0 radical (unpaired) electrons. The maximum Gasteiger partial charge on any atom is 0.150 e. The Morgan fingerprint density at radius 2 is 2.12 bits per heavy atom. The first kappa shape index (κ1) is 11.6. The summed E-state index contributed by atoms with van der Waals surface area (Å²) in [6.07, 6.45) is 1.90. The molecule has 0 unspecified atom stereocenters. The Hall–Kier alpha value is -0.930. The number of benzene rings is 1. The average Bonchev–Trinajstić information content (AvgIpc) is 2.75. The van der Waals surface area contributed by atoms with Crippen LogP contribution in [0.5, 0.6) is 0 Å². The van der Waals surface area contributed by atoms with E-state index in [0.29, 0.717) is 0 Å². The van der Waals surface area contributed by atoms with Crippen molar-refractivity contribution in [3.63, 3.8) is 0 Å². The summed E-state index contributed by atoms with van der Waals surface area (Å²) < 4.78 is 1.08. The van der Waals surface area contributed by atoms with Crippen LogP contribution in [0.2, 0.25) is 0 Å². The third-order valence-electron chi connectivity index (χ3n) is 2.49. The number of rotatable bonds is 3. The lowest BCUT2D eigenvalue weighted by Gasteiger charge is -2.04. The largest absolute Gasteiger partial charge is 0.298 e. The van der Waals surface area contributed by atoms with Crippen molar-refractivity contribution < 1.29 is 4.79 Å². The van der Waals surface area contributed by atoms with Crippen LogP contribution in [0.1, 0.15) is 22.8 Å². The predicted octanol–water partition coefficient (Wildman–Crippen LogP) is 4.55. The zero-order valence-electron chi connectivity index (χ0n) is 8.87. The summed E-state index contributed by atoms with van der Waals surface area (Å²) in [5.41, 5.74) is 3.04. The van der Waals surface area contributed by atoms with Crippen LogP contribution >= 0.6 is 27.3 Å². The molecule has 82 valence electrons. The van der Waals surface area contributed by atoms with E-state index in [1.165, 1.54) is 5.56 Å². The van der Waals surface area contributed by atoms with Crippen molar-refractivity contribution in [2.24, 2.45) is 0 Å². The van der Waals surface area contributed by atoms with E-state index in [4.69, 9.17) is 0 Å². The van der Waals surface area contributed by atoms with Gasteiger partial charge in [0.25, 0.3) is 0 Å². The highest BCUT2D eigenvalue weighted by Gasteiger charge is 2.07. The molecule has 2 rings (SSSR count). The summed E-state index contributed by atoms with van der Waals surface area (Å²) in [5, 5.41) is 0. The summed E-state index contributed by atoms with van der Waals surface area (Å²) >= 11 is 5.09. The first-order valence-corrected chi connectivity index (χ1v) is 6.69. The summed E-state index contributed by atoms with van der Waals surface area (Å²) in [7, 11) is 0. The average molecular weight is 295 g/mol. The number of aldehydes is 1. The predicted molar refractivity (Wildman–Crippen MR) is 72.2 cm³/mol. The van der Waals surface area contributed by atoms with Crippen LogP contribution in [0.25, 0.3) is 10.4 Å². The van der Waals surface area contributed by atoms with Gasteiger partial charge in [-0.3, -0.25) is 4.79 Å². The molecule has 1 aromatic carbocycles. The molecule has 0 N–H and O–H groups in total. The Kier molecular flexibility index (Phi) is 3.56. The number of carbonyl (C=O) groups excluding carboxylic acids is 1. The monoisotopic (exact) mass is 294 g/mol. The molecule has 1 heterocycles. The topological polar surface area (TPSA) is 17.1 Å². The highest BCUT2D eigenvalue weighted by molar-refractivity contribution is 9.11. The van der Waals surface area contributed by atoms with Crippen molar-refractivity contribution in [3.05, 3.63) is 45.2 Å². The molecule has 0 aliphatic rings. The van der Waals surface area contributed by atoms with Gasteiger partial charge in [-0.2, -0.15) is 0 Å². The number of hydrogen-bond acceptors (Lipinski definition) is 2. The van der Waals surface area contributed by atoms with E-state index in [-0.39, 0.29) is 0 Å². The highest BCUT2D eigenvalue weighted by atomic mass is 79.9. The molecule has 0 atom stereocenters. The Morgan fingerprint density at radius 3 is 2.69 bits per heavy atom. The van der Waals surface area contributed by atoms with Gasteiger partial charge < -0.3 is 0 Å². The van der Waals surface area contributed by atoms with Gasteiger partial charge in [0.1, 0.15) is 0 Å². The first-order chi connectivity index (χ1) is 7.74. The van der Waals surface area contributed by atoms with Crippen molar-refractivity contribution in [3.8, 4) is 10.4 Å². The number of halogens is 1. The van der Waals surface area contributed by atoms with Crippen LogP contribution in [0, 0.1) is 0 Å². The smallest absolute Gasteiger partial charge is 0.150 e. The third kappa shape index (κ3) is 2.25. The lowest BCUT2D eigenvalue weighted by atomic mass is 10.0. The fraction of sp³-hybridized carbons (Fsp3) is 0.154. The van der Waals surface area contributed by atoms with Gasteiger partial charge in [-0.1, -0.05) is 19.1 Å². The Morgan fingerprint density at radius 1 is 1.31 bits per heavy atom. The summed E-state index contributed by atoms with van der Waals surface area (Å²) in [6.45, 7) is 2.12. The summed E-state index contributed by atoms with van der Waals surface area (Å²) in [5.74, 6) is 0. The maximum atomic E-state index is 11.0. The number of hydrogen-bond donors (Lipinski definition) is 0. The van der Waals surface area contributed by atoms with E-state index in [2.05, 4.69) is 28.9 Å².